The van der Waals surface area contributed by atoms with E-state index in [2.05, 4.69) is 5.32 Å². The summed E-state index contributed by atoms with van der Waals surface area (Å²) in [7, 11) is 0. The van der Waals surface area contributed by atoms with Crippen molar-refractivity contribution in [1.29, 1.82) is 0 Å². The number of aryl methyl sites for hydroxylation is 1. The van der Waals surface area contributed by atoms with Crippen LogP contribution in [0.1, 0.15) is 18.4 Å². The van der Waals surface area contributed by atoms with Crippen LogP contribution in [0, 0.1) is 24.6 Å². The van der Waals surface area contributed by atoms with Gasteiger partial charge in [-0.15, -0.1) is 0 Å². The van der Waals surface area contributed by atoms with Gasteiger partial charge >= 0.3 is 0 Å². The number of hydrogen-bond acceptors (Lipinski definition) is 4. The average molecular weight is 292 g/mol. The van der Waals surface area contributed by atoms with Crippen molar-refractivity contribution in [3.63, 3.8) is 0 Å². The predicted molar refractivity (Wildman–Crippen MR) is 69.6 cm³/mol. The minimum absolute atomic E-state index is 0.347. The molecule has 0 spiro atoms. The van der Waals surface area contributed by atoms with Crippen LogP contribution < -0.4 is 10.4 Å². The lowest BCUT2D eigenvalue weighted by molar-refractivity contribution is -0.313. The first-order valence-electron chi connectivity index (χ1n) is 6.90. The Morgan fingerprint density at radius 2 is 1.95 bits per heavy atom. The molecule has 6 heteroatoms. The number of nitrogens with one attached hydrogen (secondary N) is 1. The first-order valence-corrected chi connectivity index (χ1v) is 6.90. The Hall–Kier alpha value is -1.95. The Bertz CT molecular complexity index is 603. The molecule has 4 atom stereocenters. The van der Waals surface area contributed by atoms with Gasteiger partial charge in [-0.3, -0.25) is 4.79 Å². The van der Waals surface area contributed by atoms with Crippen molar-refractivity contribution in [2.45, 2.75) is 32.0 Å². The van der Waals surface area contributed by atoms with Gasteiger partial charge in [0.15, 0.2) is 0 Å². The number of carboxylic acid groups (broad SMARTS) is 1. The van der Waals surface area contributed by atoms with E-state index in [1.807, 2.05) is 0 Å². The molecule has 2 bridgehead atoms. The Labute approximate surface area is 121 Å². The van der Waals surface area contributed by atoms with Crippen molar-refractivity contribution in [2.75, 3.05) is 5.32 Å². The van der Waals surface area contributed by atoms with Gasteiger partial charge < -0.3 is 20.0 Å². The third-order valence-electron chi connectivity index (χ3n) is 4.31. The first kappa shape index (κ1) is 14.0. The molecule has 0 radical (unpaired) electrons. The molecule has 2 fully saturated rings. The second-order valence-electron chi connectivity index (χ2n) is 5.61. The molecule has 5 nitrogen and oxygen atoms in total. The highest BCUT2D eigenvalue weighted by Gasteiger charge is 2.52. The van der Waals surface area contributed by atoms with Crippen LogP contribution in [0.15, 0.2) is 18.2 Å². The maximum absolute atomic E-state index is 13.2. The number of aliphatic carboxylic acids is 1. The molecular formula is C15H15FNO4-. The average Bonchev–Trinajstić information content (AvgIpc) is 3.03. The van der Waals surface area contributed by atoms with Crippen LogP contribution in [0.3, 0.4) is 0 Å². The summed E-state index contributed by atoms with van der Waals surface area (Å²) in [4.78, 5) is 23.6. The molecule has 2 aliphatic heterocycles. The number of anilines is 1. The maximum atomic E-state index is 13.2. The van der Waals surface area contributed by atoms with Crippen LogP contribution in [0.4, 0.5) is 10.1 Å². The lowest BCUT2D eigenvalue weighted by atomic mass is 9.78. The number of carboxylic acids is 1. The molecule has 112 valence electrons. The van der Waals surface area contributed by atoms with Gasteiger partial charge in [0, 0.05) is 17.6 Å². The van der Waals surface area contributed by atoms with Gasteiger partial charge in [-0.1, -0.05) is 6.07 Å². The Kier molecular flexibility index (Phi) is 3.41. The fourth-order valence-corrected chi connectivity index (χ4v) is 3.26. The van der Waals surface area contributed by atoms with Gasteiger partial charge in [0.2, 0.25) is 5.91 Å². The largest absolute Gasteiger partial charge is 0.550 e. The molecule has 0 saturated carbocycles. The summed E-state index contributed by atoms with van der Waals surface area (Å²) in [6, 6.07) is 4.07. The zero-order valence-electron chi connectivity index (χ0n) is 11.5. The van der Waals surface area contributed by atoms with E-state index in [1.165, 1.54) is 12.1 Å². The van der Waals surface area contributed by atoms with Crippen molar-refractivity contribution in [3.8, 4) is 0 Å². The fourth-order valence-electron chi connectivity index (χ4n) is 3.26. The Balaban J connectivity index is 1.81. The molecule has 2 heterocycles. The van der Waals surface area contributed by atoms with E-state index < -0.39 is 41.7 Å². The number of amides is 1. The zero-order valence-corrected chi connectivity index (χ0v) is 11.5. The number of ether oxygens (including phenoxy) is 1. The molecular weight excluding hydrogens is 277 g/mol. The SMILES string of the molecule is Cc1ccc(F)cc1NC(=O)[C@H]1[C@@H](C(=O)[O-])[C@@H]2CC[C@H]1O2. The number of fused-ring (bicyclic) bond motifs is 2. The number of rotatable bonds is 3. The van der Waals surface area contributed by atoms with E-state index in [0.717, 1.165) is 0 Å². The van der Waals surface area contributed by atoms with Crippen molar-refractivity contribution in [1.82, 2.24) is 0 Å². The van der Waals surface area contributed by atoms with Crippen LogP contribution in [0.2, 0.25) is 0 Å². The molecule has 0 aromatic heterocycles. The Morgan fingerprint density at radius 3 is 2.62 bits per heavy atom. The van der Waals surface area contributed by atoms with E-state index in [4.69, 9.17) is 4.74 Å². The number of hydrogen-bond donors (Lipinski definition) is 1. The van der Waals surface area contributed by atoms with E-state index in [0.29, 0.717) is 24.1 Å². The highest BCUT2D eigenvalue weighted by atomic mass is 19.1. The number of carbonyl (C=O) groups is 2. The van der Waals surface area contributed by atoms with E-state index in [1.54, 1.807) is 13.0 Å². The van der Waals surface area contributed by atoms with Gasteiger partial charge in [-0.05, 0) is 37.5 Å². The van der Waals surface area contributed by atoms with Gasteiger partial charge in [0.25, 0.3) is 0 Å². The topological polar surface area (TPSA) is 78.5 Å². The van der Waals surface area contributed by atoms with Gasteiger partial charge in [-0.2, -0.15) is 0 Å². The highest BCUT2D eigenvalue weighted by molar-refractivity contribution is 5.96. The number of benzene rings is 1. The molecule has 2 aliphatic rings. The smallest absolute Gasteiger partial charge is 0.230 e. The van der Waals surface area contributed by atoms with E-state index in [-0.39, 0.29) is 0 Å². The summed E-state index contributed by atoms with van der Waals surface area (Å²) in [5, 5.41) is 13.9. The number of halogens is 1. The standard InChI is InChI=1S/C15H16FNO4/c1-7-2-3-8(16)6-9(7)17-14(18)12-10-4-5-11(21-10)13(12)15(19)20/h2-3,6,10-13H,4-5H2,1H3,(H,17,18)(H,19,20)/p-1/t10-,11+,12-,13+/m1/s1. The molecule has 3 rings (SSSR count). The number of carbonyl (C=O) groups excluding carboxylic acids is 2. The molecule has 2 saturated heterocycles. The van der Waals surface area contributed by atoms with Crippen LogP contribution in [0.5, 0.6) is 0 Å². The first-order chi connectivity index (χ1) is 9.97. The van der Waals surface area contributed by atoms with E-state index in [9.17, 15) is 19.1 Å². The summed E-state index contributed by atoms with van der Waals surface area (Å²) in [6.45, 7) is 1.74. The summed E-state index contributed by atoms with van der Waals surface area (Å²) in [5.41, 5.74) is 1.05. The summed E-state index contributed by atoms with van der Waals surface area (Å²) in [6.07, 6.45) is 0.442. The molecule has 1 amide bonds. The zero-order chi connectivity index (χ0) is 15.1. The van der Waals surface area contributed by atoms with Crippen molar-refractivity contribution >= 4 is 17.6 Å². The van der Waals surface area contributed by atoms with Crippen LogP contribution >= 0.6 is 0 Å². The van der Waals surface area contributed by atoms with Crippen LogP contribution in [-0.2, 0) is 14.3 Å². The summed E-state index contributed by atoms with van der Waals surface area (Å²) in [5.74, 6) is -3.89. The molecule has 1 aromatic rings. The second-order valence-corrected chi connectivity index (χ2v) is 5.61. The molecule has 0 unspecified atom stereocenters. The normalized spacial score (nSPS) is 30.4. The molecule has 1 N–H and O–H groups in total. The molecule has 0 aliphatic carbocycles. The van der Waals surface area contributed by atoms with Crippen molar-refractivity contribution in [2.24, 2.45) is 11.8 Å². The van der Waals surface area contributed by atoms with Gasteiger partial charge in [0.05, 0.1) is 18.1 Å². The quantitative estimate of drug-likeness (QED) is 0.885. The maximum Gasteiger partial charge on any atom is 0.230 e. The summed E-state index contributed by atoms with van der Waals surface area (Å²) < 4.78 is 18.8. The lowest BCUT2D eigenvalue weighted by Gasteiger charge is -2.27. The minimum atomic E-state index is -1.27. The minimum Gasteiger partial charge on any atom is -0.550 e. The second kappa shape index (κ2) is 5.11. The molecule has 1 aromatic carbocycles. The molecule has 21 heavy (non-hydrogen) atoms. The van der Waals surface area contributed by atoms with Crippen LogP contribution in [0.25, 0.3) is 0 Å². The lowest BCUT2D eigenvalue weighted by Crippen LogP contribution is -2.46. The van der Waals surface area contributed by atoms with Crippen LogP contribution in [-0.4, -0.2) is 24.1 Å². The van der Waals surface area contributed by atoms with Gasteiger partial charge in [-0.25, -0.2) is 4.39 Å². The third-order valence-corrected chi connectivity index (χ3v) is 4.31. The fraction of sp³-hybridized carbons (Fsp3) is 0.467. The van der Waals surface area contributed by atoms with Crippen molar-refractivity contribution < 1.29 is 23.8 Å². The Morgan fingerprint density at radius 1 is 1.29 bits per heavy atom. The third kappa shape index (κ3) is 2.40. The highest BCUT2D eigenvalue weighted by Crippen LogP contribution is 2.43. The predicted octanol–water partition coefficient (Wildman–Crippen LogP) is 0.616. The van der Waals surface area contributed by atoms with Crippen molar-refractivity contribution in [3.05, 3.63) is 29.6 Å². The monoisotopic (exact) mass is 292 g/mol. The summed E-state index contributed by atoms with van der Waals surface area (Å²) >= 11 is 0. The van der Waals surface area contributed by atoms with E-state index >= 15 is 0 Å². The van der Waals surface area contributed by atoms with Gasteiger partial charge in [0.1, 0.15) is 5.82 Å².